The van der Waals surface area contributed by atoms with E-state index in [2.05, 4.69) is 34.9 Å². The van der Waals surface area contributed by atoms with Crippen LogP contribution in [0.5, 0.6) is 0 Å². The number of anilines is 1. The van der Waals surface area contributed by atoms with Crippen molar-refractivity contribution >= 4 is 11.6 Å². The van der Waals surface area contributed by atoms with Gasteiger partial charge < -0.3 is 10.6 Å². The Bertz CT molecular complexity index is 610. The summed E-state index contributed by atoms with van der Waals surface area (Å²) in [6, 6.07) is 18.5. The summed E-state index contributed by atoms with van der Waals surface area (Å²) in [5.41, 5.74) is 3.68. The van der Waals surface area contributed by atoms with Crippen LogP contribution in [0.4, 0.5) is 5.69 Å². The van der Waals surface area contributed by atoms with Gasteiger partial charge in [0, 0.05) is 31.1 Å². The quantitative estimate of drug-likeness (QED) is 0.884. The highest BCUT2D eigenvalue weighted by Gasteiger charge is 2.23. The molecule has 108 valence electrons. The van der Waals surface area contributed by atoms with Gasteiger partial charge in [0.2, 0.25) is 5.91 Å². The van der Waals surface area contributed by atoms with E-state index < -0.39 is 0 Å². The van der Waals surface area contributed by atoms with Gasteiger partial charge in [-0.15, -0.1) is 0 Å². The van der Waals surface area contributed by atoms with E-state index in [9.17, 15) is 4.79 Å². The minimum absolute atomic E-state index is 0.134. The molecule has 0 saturated heterocycles. The summed E-state index contributed by atoms with van der Waals surface area (Å²) in [5.74, 6) is 0.423. The zero-order valence-electron chi connectivity index (χ0n) is 12.0. The Morgan fingerprint density at radius 3 is 2.71 bits per heavy atom. The summed E-state index contributed by atoms with van der Waals surface area (Å²) in [6.07, 6.45) is 1.44. The molecule has 2 aromatic carbocycles. The van der Waals surface area contributed by atoms with Crippen molar-refractivity contribution in [1.29, 1.82) is 0 Å². The molecule has 0 radical (unpaired) electrons. The number of benzene rings is 2. The highest BCUT2D eigenvalue weighted by Crippen LogP contribution is 2.32. The fourth-order valence-corrected chi connectivity index (χ4v) is 2.83. The third-order valence-electron chi connectivity index (χ3n) is 3.95. The van der Waals surface area contributed by atoms with Crippen LogP contribution in [0.15, 0.2) is 54.6 Å². The summed E-state index contributed by atoms with van der Waals surface area (Å²) in [4.78, 5) is 12.1. The number of para-hydroxylation sites is 1. The number of amides is 1. The Kier molecular flexibility index (Phi) is 4.20. The van der Waals surface area contributed by atoms with Crippen LogP contribution in [-0.2, 0) is 11.2 Å². The maximum atomic E-state index is 12.1. The molecule has 2 aromatic rings. The molecule has 0 aromatic heterocycles. The average molecular weight is 280 g/mol. The molecule has 1 heterocycles. The molecule has 0 bridgehead atoms. The smallest absolute Gasteiger partial charge is 0.220 e. The van der Waals surface area contributed by atoms with E-state index in [0.717, 1.165) is 13.0 Å². The minimum Gasteiger partial charge on any atom is -0.384 e. The minimum atomic E-state index is 0.134. The lowest BCUT2D eigenvalue weighted by Crippen LogP contribution is -2.27. The zero-order valence-corrected chi connectivity index (χ0v) is 12.0. The molecular formula is C18H20N2O. The predicted octanol–water partition coefficient (Wildman–Crippen LogP) is 2.94. The molecule has 1 amide bonds. The van der Waals surface area contributed by atoms with Gasteiger partial charge in [0.15, 0.2) is 0 Å². The Hall–Kier alpha value is -2.29. The molecule has 3 rings (SSSR count). The van der Waals surface area contributed by atoms with E-state index in [1.54, 1.807) is 0 Å². The van der Waals surface area contributed by atoms with Crippen molar-refractivity contribution < 1.29 is 4.79 Å². The number of fused-ring (bicyclic) bond motifs is 1. The van der Waals surface area contributed by atoms with Crippen molar-refractivity contribution in [2.75, 3.05) is 18.4 Å². The van der Waals surface area contributed by atoms with Gasteiger partial charge in [0.05, 0.1) is 0 Å². The van der Waals surface area contributed by atoms with Crippen molar-refractivity contribution in [2.24, 2.45) is 0 Å². The molecule has 1 atom stereocenters. The average Bonchev–Trinajstić information content (AvgIpc) is 2.92. The van der Waals surface area contributed by atoms with Crippen LogP contribution in [-0.4, -0.2) is 19.0 Å². The first-order valence-corrected chi connectivity index (χ1v) is 7.46. The molecular weight excluding hydrogens is 260 g/mol. The number of hydrogen-bond acceptors (Lipinski definition) is 2. The maximum Gasteiger partial charge on any atom is 0.220 e. The lowest BCUT2D eigenvalue weighted by Gasteiger charge is -2.10. The van der Waals surface area contributed by atoms with E-state index >= 15 is 0 Å². The van der Waals surface area contributed by atoms with Crippen LogP contribution in [0.25, 0.3) is 0 Å². The molecule has 0 spiro atoms. The molecule has 2 N–H and O–H groups in total. The molecule has 0 aliphatic carbocycles. The first kappa shape index (κ1) is 13.7. The highest BCUT2D eigenvalue weighted by atomic mass is 16.1. The Morgan fingerprint density at radius 1 is 1.10 bits per heavy atom. The number of hydrogen-bond donors (Lipinski definition) is 2. The molecule has 3 heteroatoms. The first-order valence-electron chi connectivity index (χ1n) is 7.46. The number of nitrogens with one attached hydrogen (secondary N) is 2. The summed E-state index contributed by atoms with van der Waals surface area (Å²) >= 11 is 0. The van der Waals surface area contributed by atoms with Gasteiger partial charge in [-0.3, -0.25) is 4.79 Å². The van der Waals surface area contributed by atoms with Gasteiger partial charge in [0.1, 0.15) is 0 Å². The SMILES string of the molecule is O=C(CC1CNc2ccccc21)NCCc1ccccc1. The summed E-state index contributed by atoms with van der Waals surface area (Å²) in [7, 11) is 0. The third kappa shape index (κ3) is 3.43. The van der Waals surface area contributed by atoms with Crippen molar-refractivity contribution in [3.05, 3.63) is 65.7 Å². The summed E-state index contributed by atoms with van der Waals surface area (Å²) in [5, 5.41) is 6.38. The van der Waals surface area contributed by atoms with Crippen molar-refractivity contribution in [3.8, 4) is 0 Å². The lowest BCUT2D eigenvalue weighted by molar-refractivity contribution is -0.121. The van der Waals surface area contributed by atoms with Crippen LogP contribution in [0.1, 0.15) is 23.5 Å². The van der Waals surface area contributed by atoms with Crippen molar-refractivity contribution in [2.45, 2.75) is 18.8 Å². The normalized spacial score (nSPS) is 16.1. The maximum absolute atomic E-state index is 12.1. The topological polar surface area (TPSA) is 41.1 Å². The second-order valence-corrected chi connectivity index (χ2v) is 5.45. The molecule has 21 heavy (non-hydrogen) atoms. The van der Waals surface area contributed by atoms with Gasteiger partial charge in [-0.05, 0) is 23.6 Å². The van der Waals surface area contributed by atoms with Crippen LogP contribution in [0, 0.1) is 0 Å². The van der Waals surface area contributed by atoms with E-state index in [4.69, 9.17) is 0 Å². The number of carbonyl (C=O) groups is 1. The number of carbonyl (C=O) groups excluding carboxylic acids is 1. The van der Waals surface area contributed by atoms with Gasteiger partial charge in [-0.2, -0.15) is 0 Å². The fourth-order valence-electron chi connectivity index (χ4n) is 2.83. The molecule has 1 unspecified atom stereocenters. The van der Waals surface area contributed by atoms with Crippen molar-refractivity contribution in [1.82, 2.24) is 5.32 Å². The Balaban J connectivity index is 1.47. The lowest BCUT2D eigenvalue weighted by atomic mass is 9.97. The molecule has 3 nitrogen and oxygen atoms in total. The van der Waals surface area contributed by atoms with E-state index in [0.29, 0.717) is 13.0 Å². The zero-order chi connectivity index (χ0) is 14.5. The highest BCUT2D eigenvalue weighted by molar-refractivity contribution is 5.78. The van der Waals surface area contributed by atoms with Gasteiger partial charge >= 0.3 is 0 Å². The Morgan fingerprint density at radius 2 is 1.86 bits per heavy atom. The van der Waals surface area contributed by atoms with Crippen LogP contribution >= 0.6 is 0 Å². The standard InChI is InChI=1S/C18H20N2O/c21-18(19-11-10-14-6-2-1-3-7-14)12-15-13-20-17-9-5-4-8-16(15)17/h1-9,15,20H,10-13H2,(H,19,21). The fraction of sp³-hybridized carbons (Fsp3) is 0.278. The third-order valence-corrected chi connectivity index (χ3v) is 3.95. The van der Waals surface area contributed by atoms with Crippen LogP contribution < -0.4 is 10.6 Å². The van der Waals surface area contributed by atoms with Gasteiger partial charge in [-0.1, -0.05) is 48.5 Å². The van der Waals surface area contributed by atoms with Crippen molar-refractivity contribution in [3.63, 3.8) is 0 Å². The number of rotatable bonds is 5. The molecule has 1 aliphatic rings. The second-order valence-electron chi connectivity index (χ2n) is 5.45. The molecule has 0 saturated carbocycles. The molecule has 0 fully saturated rings. The van der Waals surface area contributed by atoms with E-state index in [1.807, 2.05) is 30.3 Å². The van der Waals surface area contributed by atoms with E-state index in [1.165, 1.54) is 16.8 Å². The van der Waals surface area contributed by atoms with Crippen LogP contribution in [0.3, 0.4) is 0 Å². The predicted molar refractivity (Wildman–Crippen MR) is 85.4 cm³/mol. The summed E-state index contributed by atoms with van der Waals surface area (Å²) in [6.45, 7) is 1.55. The monoisotopic (exact) mass is 280 g/mol. The van der Waals surface area contributed by atoms with E-state index in [-0.39, 0.29) is 11.8 Å². The van der Waals surface area contributed by atoms with Gasteiger partial charge in [-0.25, -0.2) is 0 Å². The summed E-state index contributed by atoms with van der Waals surface area (Å²) < 4.78 is 0. The first-order chi connectivity index (χ1) is 10.3. The van der Waals surface area contributed by atoms with Crippen LogP contribution in [0.2, 0.25) is 0 Å². The Labute approximate surface area is 125 Å². The largest absolute Gasteiger partial charge is 0.384 e. The van der Waals surface area contributed by atoms with Gasteiger partial charge in [0.25, 0.3) is 0 Å². The second kappa shape index (κ2) is 6.44. The molecule has 1 aliphatic heterocycles.